The number of aromatic amines is 1. The van der Waals surface area contributed by atoms with Crippen LogP contribution in [0.15, 0.2) is 49.1 Å². The zero-order valence-electron chi connectivity index (χ0n) is 12.2. The summed E-state index contributed by atoms with van der Waals surface area (Å²) in [6.07, 6.45) is 5.55. The molecule has 0 aliphatic heterocycles. The van der Waals surface area contributed by atoms with Gasteiger partial charge in [0.1, 0.15) is 0 Å². The van der Waals surface area contributed by atoms with Crippen LogP contribution < -0.4 is 5.32 Å². The lowest BCUT2D eigenvalue weighted by molar-refractivity contribution is 0.577. The van der Waals surface area contributed by atoms with Crippen molar-refractivity contribution in [3.05, 3.63) is 54.7 Å². The highest BCUT2D eigenvalue weighted by molar-refractivity contribution is 5.64. The van der Waals surface area contributed by atoms with Gasteiger partial charge < -0.3 is 9.88 Å². The van der Waals surface area contributed by atoms with Crippen LogP contribution in [0.1, 0.15) is 25.6 Å². The molecule has 0 bridgehead atoms. The monoisotopic (exact) mass is 281 g/mol. The maximum Gasteiger partial charge on any atom is 0.0951 e. The van der Waals surface area contributed by atoms with Crippen LogP contribution in [0.4, 0.5) is 5.69 Å². The molecule has 0 amide bonds. The lowest BCUT2D eigenvalue weighted by Gasteiger charge is -2.13. The highest BCUT2D eigenvalue weighted by Crippen LogP contribution is 2.21. The summed E-state index contributed by atoms with van der Waals surface area (Å²) in [6.45, 7) is 5.07. The number of H-pyrrole nitrogens is 1. The summed E-state index contributed by atoms with van der Waals surface area (Å²) >= 11 is 0. The minimum absolute atomic E-state index is 0.417. The number of nitrogens with zero attached hydrogens (tertiary/aromatic N) is 3. The summed E-state index contributed by atoms with van der Waals surface area (Å²) in [5.41, 5.74) is 4.40. The van der Waals surface area contributed by atoms with Crippen LogP contribution in [0.25, 0.3) is 11.3 Å². The first-order chi connectivity index (χ1) is 10.2. The van der Waals surface area contributed by atoms with E-state index in [-0.39, 0.29) is 0 Å². The first-order valence-electron chi connectivity index (χ1n) is 7.08. The van der Waals surface area contributed by atoms with Gasteiger partial charge in [0.25, 0.3) is 0 Å². The van der Waals surface area contributed by atoms with Crippen molar-refractivity contribution in [3.63, 3.8) is 0 Å². The number of anilines is 1. The third-order valence-electron chi connectivity index (χ3n) is 3.45. The largest absolute Gasteiger partial charge is 0.379 e. The number of benzene rings is 1. The van der Waals surface area contributed by atoms with Crippen LogP contribution in [0, 0.1) is 0 Å². The van der Waals surface area contributed by atoms with Gasteiger partial charge in [-0.1, -0.05) is 12.1 Å². The maximum absolute atomic E-state index is 4.22. The van der Waals surface area contributed by atoms with Crippen molar-refractivity contribution in [2.24, 2.45) is 0 Å². The molecule has 0 radical (unpaired) electrons. The Bertz CT molecular complexity index is 697. The van der Waals surface area contributed by atoms with E-state index in [1.165, 1.54) is 5.69 Å². The van der Waals surface area contributed by atoms with E-state index in [0.717, 1.165) is 23.5 Å². The molecule has 0 unspecified atom stereocenters. The molecule has 2 aromatic heterocycles. The molecule has 0 spiro atoms. The van der Waals surface area contributed by atoms with E-state index < -0.39 is 0 Å². The van der Waals surface area contributed by atoms with E-state index in [4.69, 9.17) is 0 Å². The molecular weight excluding hydrogens is 262 g/mol. The van der Waals surface area contributed by atoms with Crippen molar-refractivity contribution >= 4 is 5.69 Å². The quantitative estimate of drug-likeness (QED) is 0.753. The van der Waals surface area contributed by atoms with Crippen molar-refractivity contribution in [3.8, 4) is 11.3 Å². The first kappa shape index (κ1) is 13.4. The van der Waals surface area contributed by atoms with Gasteiger partial charge in [0, 0.05) is 29.7 Å². The Kier molecular flexibility index (Phi) is 3.73. The van der Waals surface area contributed by atoms with Gasteiger partial charge in [0.15, 0.2) is 0 Å². The van der Waals surface area contributed by atoms with Crippen LogP contribution in [-0.2, 0) is 6.54 Å². The Morgan fingerprint density at radius 1 is 1.29 bits per heavy atom. The second-order valence-corrected chi connectivity index (χ2v) is 5.29. The van der Waals surface area contributed by atoms with E-state index >= 15 is 0 Å². The molecule has 5 heteroatoms. The molecule has 0 atom stereocenters. The average molecular weight is 281 g/mol. The van der Waals surface area contributed by atoms with Crippen molar-refractivity contribution in [2.45, 2.75) is 26.4 Å². The van der Waals surface area contributed by atoms with Crippen molar-refractivity contribution < 1.29 is 0 Å². The van der Waals surface area contributed by atoms with Crippen LogP contribution in [0.3, 0.4) is 0 Å². The highest BCUT2D eigenvalue weighted by atomic mass is 15.1. The van der Waals surface area contributed by atoms with Crippen molar-refractivity contribution in [1.29, 1.82) is 0 Å². The number of nitrogens with one attached hydrogen (secondary N) is 2. The zero-order chi connectivity index (χ0) is 14.7. The molecule has 2 heterocycles. The smallest absolute Gasteiger partial charge is 0.0951 e. The van der Waals surface area contributed by atoms with Gasteiger partial charge in [0.2, 0.25) is 0 Å². The van der Waals surface area contributed by atoms with Gasteiger partial charge in [-0.3, -0.25) is 5.10 Å². The Balaban J connectivity index is 1.74. The summed E-state index contributed by atoms with van der Waals surface area (Å²) in [5, 5.41) is 10.4. The number of hydrogen-bond donors (Lipinski definition) is 2. The first-order valence-corrected chi connectivity index (χ1v) is 7.08. The topological polar surface area (TPSA) is 58.5 Å². The number of rotatable bonds is 5. The van der Waals surface area contributed by atoms with E-state index in [9.17, 15) is 0 Å². The molecule has 3 aromatic rings. The minimum Gasteiger partial charge on any atom is -0.379 e. The molecule has 0 saturated heterocycles. The van der Waals surface area contributed by atoms with Crippen molar-refractivity contribution in [2.75, 3.05) is 5.32 Å². The lowest BCUT2D eigenvalue weighted by Crippen LogP contribution is -2.08. The van der Waals surface area contributed by atoms with E-state index in [1.807, 2.05) is 24.7 Å². The summed E-state index contributed by atoms with van der Waals surface area (Å²) in [7, 11) is 0. The molecule has 0 aliphatic rings. The predicted molar refractivity (Wildman–Crippen MR) is 84.0 cm³/mol. The Hall–Kier alpha value is -2.56. The van der Waals surface area contributed by atoms with E-state index in [0.29, 0.717) is 6.04 Å². The van der Waals surface area contributed by atoms with Crippen LogP contribution in [-0.4, -0.2) is 19.7 Å². The molecule has 5 nitrogen and oxygen atoms in total. The minimum atomic E-state index is 0.417. The molecule has 2 N–H and O–H groups in total. The highest BCUT2D eigenvalue weighted by Gasteiger charge is 2.05. The maximum atomic E-state index is 4.22. The van der Waals surface area contributed by atoms with Gasteiger partial charge in [-0.25, -0.2) is 4.98 Å². The molecule has 108 valence electrons. The number of imidazole rings is 1. The molecule has 0 aliphatic carbocycles. The molecule has 0 saturated carbocycles. The number of hydrogen-bond acceptors (Lipinski definition) is 3. The number of aromatic nitrogens is 4. The fourth-order valence-electron chi connectivity index (χ4n) is 2.34. The summed E-state index contributed by atoms with van der Waals surface area (Å²) in [4.78, 5) is 4.22. The summed E-state index contributed by atoms with van der Waals surface area (Å²) in [6, 6.07) is 10.7. The fraction of sp³-hybridized carbons (Fsp3) is 0.250. The third-order valence-corrected chi connectivity index (χ3v) is 3.45. The standard InChI is InChI=1S/C16H19N5/c1-12(2)21-11-17-9-15(21)10-18-14-5-3-4-13(8-14)16-6-7-19-20-16/h3-9,11-12,18H,10H2,1-2H3,(H,19,20). The summed E-state index contributed by atoms with van der Waals surface area (Å²) < 4.78 is 2.17. The van der Waals surface area contributed by atoms with E-state index in [1.54, 1.807) is 6.20 Å². The molecule has 21 heavy (non-hydrogen) atoms. The van der Waals surface area contributed by atoms with Gasteiger partial charge in [0.05, 0.1) is 24.3 Å². The van der Waals surface area contributed by atoms with E-state index in [2.05, 4.69) is 57.1 Å². The van der Waals surface area contributed by atoms with Crippen LogP contribution >= 0.6 is 0 Å². The van der Waals surface area contributed by atoms with Gasteiger partial charge >= 0.3 is 0 Å². The van der Waals surface area contributed by atoms with Gasteiger partial charge in [-0.2, -0.15) is 5.10 Å². The van der Waals surface area contributed by atoms with Crippen molar-refractivity contribution in [1.82, 2.24) is 19.7 Å². The average Bonchev–Trinajstić information content (AvgIpc) is 3.16. The summed E-state index contributed by atoms with van der Waals surface area (Å²) in [5.74, 6) is 0. The van der Waals surface area contributed by atoms with Gasteiger partial charge in [-0.15, -0.1) is 0 Å². The second kappa shape index (κ2) is 5.83. The molecule has 0 fully saturated rings. The normalized spacial score (nSPS) is 11.0. The third kappa shape index (κ3) is 2.97. The predicted octanol–water partition coefficient (Wildman–Crippen LogP) is 3.47. The fourth-order valence-corrected chi connectivity index (χ4v) is 2.34. The SMILES string of the molecule is CC(C)n1cncc1CNc1cccc(-c2ccn[nH]2)c1. The molecule has 1 aromatic carbocycles. The second-order valence-electron chi connectivity index (χ2n) is 5.29. The molecule has 3 rings (SSSR count). The van der Waals surface area contributed by atoms with Gasteiger partial charge in [-0.05, 0) is 32.0 Å². The van der Waals surface area contributed by atoms with Crippen LogP contribution in [0.5, 0.6) is 0 Å². The Morgan fingerprint density at radius 3 is 2.95 bits per heavy atom. The Labute approximate surface area is 124 Å². The van der Waals surface area contributed by atoms with Crippen LogP contribution in [0.2, 0.25) is 0 Å². The zero-order valence-corrected chi connectivity index (χ0v) is 12.2. The molecular formula is C16H19N5. The lowest BCUT2D eigenvalue weighted by atomic mass is 10.1. The Morgan fingerprint density at radius 2 is 2.19 bits per heavy atom.